The summed E-state index contributed by atoms with van der Waals surface area (Å²) in [5.74, 6) is 1.73. The van der Waals surface area contributed by atoms with E-state index in [-0.39, 0.29) is 0 Å². The van der Waals surface area contributed by atoms with Crippen LogP contribution in [-0.4, -0.2) is 71.6 Å². The van der Waals surface area contributed by atoms with Gasteiger partial charge in [0.15, 0.2) is 16.6 Å². The molecule has 0 spiro atoms. The Morgan fingerprint density at radius 3 is 1.47 bits per heavy atom. The first-order valence-electron chi connectivity index (χ1n) is 17.2. The quantitative estimate of drug-likeness (QED) is 0.116. The Morgan fingerprint density at radius 1 is 0.558 bits per heavy atom. The summed E-state index contributed by atoms with van der Waals surface area (Å²) in [5, 5.41) is 0.448. The van der Waals surface area contributed by atoms with Crippen LogP contribution in [0.25, 0.3) is 0 Å². The molecule has 1 aliphatic heterocycles. The van der Waals surface area contributed by atoms with Crippen LogP contribution in [0.1, 0.15) is 57.8 Å². The highest BCUT2D eigenvalue weighted by atomic mass is 28.5. The third-order valence-electron chi connectivity index (χ3n) is 10.3. The topological polar surface area (TPSA) is 67.9 Å². The summed E-state index contributed by atoms with van der Waals surface area (Å²) >= 11 is 0. The molecule has 4 aliphatic rings. The first-order chi connectivity index (χ1) is 19.3. The molecule has 3 saturated carbocycles. The first-order valence-corrected chi connectivity index (χ1v) is 37.3. The van der Waals surface area contributed by atoms with Gasteiger partial charge in [0.25, 0.3) is 0 Å². The van der Waals surface area contributed by atoms with Crippen molar-refractivity contribution < 1.29 is 29.4 Å². The highest BCUT2D eigenvalue weighted by Gasteiger charge is 2.58. The van der Waals surface area contributed by atoms with Crippen molar-refractivity contribution in [2.24, 2.45) is 11.8 Å². The molecule has 0 aromatic rings. The van der Waals surface area contributed by atoms with E-state index in [4.69, 9.17) is 29.4 Å². The minimum atomic E-state index is -2.55. The van der Waals surface area contributed by atoms with Crippen molar-refractivity contribution in [3.05, 3.63) is 0 Å². The Hall–Kier alpha value is 1.24. The molecule has 3 unspecified atom stereocenters. The van der Waals surface area contributed by atoms with Crippen LogP contribution in [0.5, 0.6) is 0 Å². The monoisotopic (exact) mass is 722 g/mol. The number of hydrogen-bond donors (Lipinski definition) is 0. The van der Waals surface area contributed by atoms with Gasteiger partial charge in [-0.25, -0.2) is 0 Å². The molecule has 1 saturated heterocycles. The summed E-state index contributed by atoms with van der Waals surface area (Å²) < 4.78 is 47.2. The third kappa shape index (κ3) is 10.4. The fourth-order valence-electron chi connectivity index (χ4n) is 9.25. The Bertz CT molecular complexity index is 980. The van der Waals surface area contributed by atoms with E-state index in [2.05, 4.69) is 91.7 Å². The van der Waals surface area contributed by atoms with Gasteiger partial charge in [0, 0.05) is 0 Å². The molecule has 0 amide bonds. The van der Waals surface area contributed by atoms with Gasteiger partial charge in [-0.3, -0.25) is 0 Å². The largest absolute Gasteiger partial charge is 0.436 e. The summed E-state index contributed by atoms with van der Waals surface area (Å²) in [4.78, 5) is 0. The van der Waals surface area contributed by atoms with E-state index in [1.54, 1.807) is 0 Å². The molecule has 252 valence electrons. The lowest BCUT2D eigenvalue weighted by Gasteiger charge is -2.47. The minimum Gasteiger partial charge on any atom is -0.436 e. The normalized spacial score (nSPS) is 30.6. The Balaban J connectivity index is 1.28. The van der Waals surface area contributed by atoms with Crippen molar-refractivity contribution in [2.45, 2.75) is 173 Å². The predicted octanol–water partition coefficient (Wildman–Crippen LogP) is 9.30. The molecule has 0 aromatic heterocycles. The van der Waals surface area contributed by atoms with Crippen molar-refractivity contribution in [2.75, 3.05) is 0 Å². The van der Waals surface area contributed by atoms with E-state index in [0.29, 0.717) is 17.2 Å². The zero-order valence-corrected chi connectivity index (χ0v) is 37.2. The smallest absolute Gasteiger partial charge is 0.314 e. The van der Waals surface area contributed by atoms with Crippen LogP contribution >= 0.6 is 0 Å². The van der Waals surface area contributed by atoms with Crippen molar-refractivity contribution in [1.29, 1.82) is 0 Å². The zero-order valence-electron chi connectivity index (χ0n) is 30.2. The van der Waals surface area contributed by atoms with E-state index in [9.17, 15) is 0 Å². The summed E-state index contributed by atoms with van der Waals surface area (Å²) in [7, 11) is -16.2. The second-order valence-corrected chi connectivity index (χ2v) is 44.7. The maximum atomic E-state index is 7.11. The van der Waals surface area contributed by atoms with Crippen molar-refractivity contribution >= 4 is 59.4 Å². The number of ether oxygens (including phenoxy) is 1. The van der Waals surface area contributed by atoms with Crippen LogP contribution in [0.15, 0.2) is 0 Å². The average Bonchev–Trinajstić information content (AvgIpc) is 3.20. The van der Waals surface area contributed by atoms with Gasteiger partial charge < -0.3 is 29.4 Å². The van der Waals surface area contributed by atoms with E-state index in [1.807, 2.05) is 0 Å². The van der Waals surface area contributed by atoms with Gasteiger partial charge >= 0.3 is 42.8 Å². The summed E-state index contributed by atoms with van der Waals surface area (Å²) in [5.41, 5.74) is 0. The highest BCUT2D eigenvalue weighted by molar-refractivity contribution is 6.92. The van der Waals surface area contributed by atoms with E-state index < -0.39 is 59.4 Å². The molecule has 3 aliphatic carbocycles. The van der Waals surface area contributed by atoms with Gasteiger partial charge in [0.1, 0.15) is 0 Å². The molecular formula is C29H66O7Si7. The molecule has 0 aromatic carbocycles. The van der Waals surface area contributed by atoms with Crippen LogP contribution < -0.4 is 0 Å². The number of rotatable bonds is 16. The van der Waals surface area contributed by atoms with Gasteiger partial charge in [-0.1, -0.05) is 19.3 Å². The Morgan fingerprint density at radius 2 is 1.02 bits per heavy atom. The molecule has 0 N–H and O–H groups in total. The van der Waals surface area contributed by atoms with Crippen molar-refractivity contribution in [1.82, 2.24) is 0 Å². The van der Waals surface area contributed by atoms with Crippen molar-refractivity contribution in [3.63, 3.8) is 0 Å². The van der Waals surface area contributed by atoms with Crippen molar-refractivity contribution in [3.8, 4) is 0 Å². The van der Waals surface area contributed by atoms with Gasteiger partial charge in [-0.05, 0) is 153 Å². The molecule has 0 radical (unpaired) electrons. The second-order valence-electron chi connectivity index (χ2n) is 17.7. The molecule has 4 fully saturated rings. The van der Waals surface area contributed by atoms with Crippen LogP contribution in [0, 0.1) is 11.8 Å². The lowest BCUT2D eigenvalue weighted by atomic mass is 9.88. The number of epoxide rings is 1. The van der Waals surface area contributed by atoms with E-state index >= 15 is 0 Å². The molecule has 43 heavy (non-hydrogen) atoms. The summed E-state index contributed by atoms with van der Waals surface area (Å²) in [6.45, 7) is 31.5. The minimum absolute atomic E-state index is 0.448. The van der Waals surface area contributed by atoms with Gasteiger partial charge in [0.05, 0.1) is 12.2 Å². The van der Waals surface area contributed by atoms with Crippen LogP contribution in [0.4, 0.5) is 0 Å². The lowest BCUT2D eigenvalue weighted by Crippen LogP contribution is -2.61. The fourth-order valence-corrected chi connectivity index (χ4v) is 45.8. The van der Waals surface area contributed by atoms with Gasteiger partial charge in [0.2, 0.25) is 0 Å². The lowest BCUT2D eigenvalue weighted by molar-refractivity contribution is 0.268. The molecular weight excluding hydrogens is 657 g/mol. The van der Waals surface area contributed by atoms with Crippen LogP contribution in [-0.2, 0) is 29.4 Å². The average molecular weight is 723 g/mol. The first kappa shape index (κ1) is 37.1. The molecule has 7 nitrogen and oxygen atoms in total. The molecule has 4 rings (SSSR count). The molecule has 1 heterocycles. The van der Waals surface area contributed by atoms with E-state index in [0.717, 1.165) is 11.8 Å². The Labute approximate surface area is 272 Å². The third-order valence-corrected chi connectivity index (χ3v) is 38.9. The molecule has 2 bridgehead atoms. The Kier molecular flexibility index (Phi) is 10.9. The number of fused-ring (bicyclic) bond motifs is 3. The predicted molar refractivity (Wildman–Crippen MR) is 194 cm³/mol. The summed E-state index contributed by atoms with van der Waals surface area (Å²) in [6, 6.07) is 1.18. The standard InChI is InChI=1S/C29H66O7Si7/c1-37(2,22-19-25-15-16-27-28(23-25)30-27)31-39(5,6)33-41(9,10)35-43(13,14)36-42(11,12)34-40(7,8)32-38(3,4)29-20-17-26(24-29)18-21-29/h25-28H,15-24H2,1-14H3. The van der Waals surface area contributed by atoms with Gasteiger partial charge in [-0.15, -0.1) is 0 Å². The maximum Gasteiger partial charge on any atom is 0.314 e. The fraction of sp³-hybridized carbons (Fsp3) is 1.00. The highest BCUT2D eigenvalue weighted by Crippen LogP contribution is 2.64. The van der Waals surface area contributed by atoms with Crippen LogP contribution in [0.3, 0.4) is 0 Å². The number of hydrogen-bond acceptors (Lipinski definition) is 7. The van der Waals surface area contributed by atoms with Crippen LogP contribution in [0.2, 0.25) is 103 Å². The van der Waals surface area contributed by atoms with E-state index in [1.165, 1.54) is 63.8 Å². The molecule has 3 atom stereocenters. The summed E-state index contributed by atoms with van der Waals surface area (Å²) in [6.07, 6.45) is 13.1. The maximum absolute atomic E-state index is 7.11. The van der Waals surface area contributed by atoms with Gasteiger partial charge in [-0.2, -0.15) is 0 Å². The zero-order chi connectivity index (χ0) is 32.3. The molecule has 14 heteroatoms. The SMILES string of the molecule is C[Si](C)(CCC1CCC2OC2C1)O[Si](C)(C)O[Si](C)(C)O[Si](C)(C)O[Si](C)(C)O[Si](C)(C)O[Si](C)(C)C12CCC(CC1)C2. The second kappa shape index (κ2) is 12.6.